The van der Waals surface area contributed by atoms with Crippen molar-refractivity contribution in [3.63, 3.8) is 0 Å². The lowest BCUT2D eigenvalue weighted by molar-refractivity contribution is 0.397. The number of nitrogens with two attached hydrogens (primary N) is 1. The number of benzene rings is 1. The Balaban J connectivity index is 2.22. The summed E-state index contributed by atoms with van der Waals surface area (Å²) in [4.78, 5) is 4.09. The number of nitrogen functional groups attached to an aromatic ring is 1. The predicted molar refractivity (Wildman–Crippen MR) is 80.4 cm³/mol. The molecule has 0 bridgehead atoms. The van der Waals surface area contributed by atoms with Crippen molar-refractivity contribution < 1.29 is 13.2 Å². The first-order valence-electron chi connectivity index (χ1n) is 6.27. The zero-order valence-corrected chi connectivity index (χ0v) is 12.6. The Hall–Kier alpha value is -2.12. The van der Waals surface area contributed by atoms with Crippen molar-refractivity contribution in [3.05, 3.63) is 47.7 Å². The fourth-order valence-corrected chi connectivity index (χ4v) is 3.34. The Morgan fingerprint density at radius 2 is 2.10 bits per heavy atom. The van der Waals surface area contributed by atoms with E-state index in [1.54, 1.807) is 43.5 Å². The van der Waals surface area contributed by atoms with Crippen LogP contribution < -0.4 is 15.2 Å². The lowest BCUT2D eigenvalue weighted by Crippen LogP contribution is -2.25. The van der Waals surface area contributed by atoms with Crippen LogP contribution in [0.25, 0.3) is 0 Å². The van der Waals surface area contributed by atoms with Gasteiger partial charge >= 0.3 is 0 Å². The molecule has 0 atom stereocenters. The molecule has 1 aromatic carbocycles. The number of methoxy groups -OCH3 is 1. The molecule has 1 aromatic heterocycles. The summed E-state index contributed by atoms with van der Waals surface area (Å²) in [7, 11) is -2.17. The molecule has 0 aliphatic heterocycles. The van der Waals surface area contributed by atoms with Gasteiger partial charge in [-0.25, -0.2) is 18.1 Å². The summed E-state index contributed by atoms with van der Waals surface area (Å²) in [6.45, 7) is 1.84. The summed E-state index contributed by atoms with van der Waals surface area (Å²) >= 11 is 0. The van der Waals surface area contributed by atoms with Crippen molar-refractivity contribution in [1.29, 1.82) is 0 Å². The summed E-state index contributed by atoms with van der Waals surface area (Å²) in [5.41, 5.74) is 7.36. The van der Waals surface area contributed by atoms with Gasteiger partial charge in [0.15, 0.2) is 0 Å². The maximum Gasteiger partial charge on any atom is 0.243 e. The molecule has 0 unspecified atom stereocenters. The maximum atomic E-state index is 12.4. The van der Waals surface area contributed by atoms with Crippen LogP contribution in [-0.2, 0) is 16.6 Å². The zero-order chi connectivity index (χ0) is 15.5. The van der Waals surface area contributed by atoms with Crippen LogP contribution in [0.4, 0.5) is 5.69 Å². The number of aromatic nitrogens is 1. The number of rotatable bonds is 5. The van der Waals surface area contributed by atoms with Gasteiger partial charge in [-0.3, -0.25) is 0 Å². The highest BCUT2D eigenvalue weighted by molar-refractivity contribution is 7.89. The van der Waals surface area contributed by atoms with E-state index < -0.39 is 10.0 Å². The molecule has 0 aliphatic carbocycles. The first-order valence-corrected chi connectivity index (χ1v) is 7.76. The third-order valence-corrected chi connectivity index (χ3v) is 4.61. The predicted octanol–water partition coefficient (Wildman–Crippen LogP) is 1.46. The number of hydrogen-bond donors (Lipinski definition) is 2. The number of nitrogens with one attached hydrogen (secondary N) is 1. The van der Waals surface area contributed by atoms with Crippen molar-refractivity contribution in [2.24, 2.45) is 0 Å². The molecule has 0 radical (unpaired) electrons. The second kappa shape index (κ2) is 6.11. The van der Waals surface area contributed by atoms with Gasteiger partial charge in [-0.05, 0) is 30.2 Å². The van der Waals surface area contributed by atoms with E-state index in [2.05, 4.69) is 9.71 Å². The van der Waals surface area contributed by atoms with Gasteiger partial charge in [0.25, 0.3) is 0 Å². The fraction of sp³-hybridized carbons (Fsp3) is 0.214. The Labute approximate surface area is 124 Å². The molecule has 0 aliphatic rings. The van der Waals surface area contributed by atoms with Gasteiger partial charge in [-0.15, -0.1) is 0 Å². The van der Waals surface area contributed by atoms with E-state index in [-0.39, 0.29) is 17.1 Å². The van der Waals surface area contributed by atoms with Gasteiger partial charge in [-0.2, -0.15) is 0 Å². The molecule has 0 saturated heterocycles. The van der Waals surface area contributed by atoms with Gasteiger partial charge in [0.1, 0.15) is 4.90 Å². The average Bonchev–Trinajstić information content (AvgIpc) is 2.45. The molecule has 21 heavy (non-hydrogen) atoms. The monoisotopic (exact) mass is 307 g/mol. The Bertz CT molecular complexity index is 725. The lowest BCUT2D eigenvalue weighted by atomic mass is 10.2. The molecule has 6 nitrogen and oxygen atoms in total. The Morgan fingerprint density at radius 3 is 2.76 bits per heavy atom. The van der Waals surface area contributed by atoms with Crippen molar-refractivity contribution in [3.8, 4) is 5.88 Å². The van der Waals surface area contributed by atoms with E-state index in [1.165, 1.54) is 7.11 Å². The Morgan fingerprint density at radius 1 is 1.33 bits per heavy atom. The maximum absolute atomic E-state index is 12.4. The molecule has 0 spiro atoms. The van der Waals surface area contributed by atoms with Gasteiger partial charge in [0.2, 0.25) is 15.9 Å². The van der Waals surface area contributed by atoms with E-state index in [1.807, 2.05) is 0 Å². The zero-order valence-electron chi connectivity index (χ0n) is 11.8. The molecule has 7 heteroatoms. The van der Waals surface area contributed by atoms with Gasteiger partial charge in [-0.1, -0.05) is 12.1 Å². The number of aryl methyl sites for hydroxylation is 1. The second-order valence-electron chi connectivity index (χ2n) is 4.52. The summed E-state index contributed by atoms with van der Waals surface area (Å²) in [6, 6.07) is 8.38. The topological polar surface area (TPSA) is 94.3 Å². The highest BCUT2D eigenvalue weighted by Gasteiger charge is 2.19. The number of ether oxygens (including phenoxy) is 1. The molecule has 0 fully saturated rings. The quantitative estimate of drug-likeness (QED) is 0.816. The molecule has 112 valence electrons. The molecular formula is C14H17N3O3S. The first-order chi connectivity index (χ1) is 9.94. The largest absolute Gasteiger partial charge is 0.481 e. The van der Waals surface area contributed by atoms with E-state index in [0.29, 0.717) is 11.4 Å². The van der Waals surface area contributed by atoms with Gasteiger partial charge in [0.05, 0.1) is 12.8 Å². The lowest BCUT2D eigenvalue weighted by Gasteiger charge is -2.12. The summed E-state index contributed by atoms with van der Waals surface area (Å²) in [5.74, 6) is 0.433. The molecule has 2 rings (SSSR count). The number of hydrogen-bond acceptors (Lipinski definition) is 5. The van der Waals surface area contributed by atoms with E-state index >= 15 is 0 Å². The summed E-state index contributed by atoms with van der Waals surface area (Å²) in [6.07, 6.45) is 1.56. The molecule has 0 saturated carbocycles. The highest BCUT2D eigenvalue weighted by atomic mass is 32.2. The van der Waals surface area contributed by atoms with Crippen LogP contribution >= 0.6 is 0 Å². The first kappa shape index (κ1) is 15.3. The van der Waals surface area contributed by atoms with Crippen LogP contribution in [0.5, 0.6) is 5.88 Å². The Kier molecular flexibility index (Phi) is 4.44. The fourth-order valence-electron chi connectivity index (χ4n) is 1.96. The summed E-state index contributed by atoms with van der Waals surface area (Å²) < 4.78 is 32.3. The molecule has 2 aromatic rings. The second-order valence-corrected chi connectivity index (χ2v) is 6.23. The van der Waals surface area contributed by atoms with Crippen LogP contribution in [-0.4, -0.2) is 20.5 Å². The number of sulfonamides is 1. The molecular weight excluding hydrogens is 290 g/mol. The third kappa shape index (κ3) is 3.50. The van der Waals surface area contributed by atoms with Gasteiger partial charge in [0, 0.05) is 18.8 Å². The smallest absolute Gasteiger partial charge is 0.243 e. The van der Waals surface area contributed by atoms with Crippen LogP contribution in [0.2, 0.25) is 0 Å². The summed E-state index contributed by atoms with van der Waals surface area (Å²) in [5, 5.41) is 0. The number of anilines is 1. The minimum Gasteiger partial charge on any atom is -0.481 e. The van der Waals surface area contributed by atoms with Crippen LogP contribution in [0.15, 0.2) is 41.4 Å². The number of pyridine rings is 1. The van der Waals surface area contributed by atoms with Crippen molar-refractivity contribution in [2.75, 3.05) is 12.8 Å². The van der Waals surface area contributed by atoms with Crippen molar-refractivity contribution in [2.45, 2.75) is 18.4 Å². The third-order valence-electron chi connectivity index (χ3n) is 2.99. The standard InChI is InChI=1S/C14H17N3O3S/c1-10-4-3-5-12(15)14(10)21(18,19)17-9-11-6-7-16-13(8-11)20-2/h3-8,17H,9,15H2,1-2H3. The molecule has 3 N–H and O–H groups in total. The van der Waals surface area contributed by atoms with E-state index in [4.69, 9.17) is 10.5 Å². The van der Waals surface area contributed by atoms with Crippen LogP contribution in [0.3, 0.4) is 0 Å². The van der Waals surface area contributed by atoms with E-state index in [9.17, 15) is 8.42 Å². The van der Waals surface area contributed by atoms with Crippen molar-refractivity contribution >= 4 is 15.7 Å². The van der Waals surface area contributed by atoms with Crippen LogP contribution in [0, 0.1) is 6.92 Å². The minimum absolute atomic E-state index is 0.117. The van der Waals surface area contributed by atoms with Gasteiger partial charge < -0.3 is 10.5 Å². The average molecular weight is 307 g/mol. The highest BCUT2D eigenvalue weighted by Crippen LogP contribution is 2.22. The van der Waals surface area contributed by atoms with Crippen molar-refractivity contribution in [1.82, 2.24) is 9.71 Å². The minimum atomic E-state index is -3.68. The molecule has 1 heterocycles. The van der Waals surface area contributed by atoms with E-state index in [0.717, 1.165) is 5.56 Å². The number of nitrogens with zero attached hydrogens (tertiary/aromatic N) is 1. The molecule has 0 amide bonds. The van der Waals surface area contributed by atoms with Crippen LogP contribution in [0.1, 0.15) is 11.1 Å². The SMILES string of the molecule is COc1cc(CNS(=O)(=O)c2c(C)cccc2N)ccn1. The normalized spacial score (nSPS) is 11.3.